The fourth-order valence-electron chi connectivity index (χ4n) is 3.81. The zero-order chi connectivity index (χ0) is 17.2. The molecule has 0 aromatic heterocycles. The summed E-state index contributed by atoms with van der Waals surface area (Å²) >= 11 is 0. The Bertz CT molecular complexity index is 602. The van der Waals surface area contributed by atoms with Crippen LogP contribution in [0.25, 0.3) is 0 Å². The third kappa shape index (κ3) is 3.60. The maximum absolute atomic E-state index is 12.9. The Morgan fingerprint density at radius 1 is 1.17 bits per heavy atom. The predicted molar refractivity (Wildman–Crippen MR) is 87.9 cm³/mol. The van der Waals surface area contributed by atoms with E-state index in [-0.39, 0.29) is 18.1 Å². The monoisotopic (exact) mass is 333 g/mol. The highest BCUT2D eigenvalue weighted by Crippen LogP contribution is 2.44. The summed E-state index contributed by atoms with van der Waals surface area (Å²) < 4.78 is 12.9. The number of benzene rings is 1. The summed E-state index contributed by atoms with van der Waals surface area (Å²) in [4.78, 5) is 25.7. The summed E-state index contributed by atoms with van der Waals surface area (Å²) in [6, 6.07) is 6.61. The van der Waals surface area contributed by atoms with Crippen LogP contribution in [0.1, 0.15) is 44.1 Å². The molecule has 0 atom stereocenters. The second kappa shape index (κ2) is 6.91. The molecular weight excluding hydrogens is 309 g/mol. The molecule has 0 spiro atoms. The lowest BCUT2D eigenvalue weighted by atomic mass is 9.66. The van der Waals surface area contributed by atoms with E-state index < -0.39 is 11.4 Å². The molecule has 1 amide bonds. The molecule has 0 radical (unpaired) electrons. The van der Waals surface area contributed by atoms with Crippen molar-refractivity contribution in [3.63, 3.8) is 0 Å². The quantitative estimate of drug-likeness (QED) is 0.900. The van der Waals surface area contributed by atoms with E-state index >= 15 is 0 Å². The van der Waals surface area contributed by atoms with Crippen LogP contribution in [0.3, 0.4) is 0 Å². The molecule has 130 valence electrons. The van der Waals surface area contributed by atoms with Gasteiger partial charge in [-0.05, 0) is 55.7 Å². The molecule has 4 nitrogen and oxygen atoms in total. The SMILES string of the molecule is O=C(CC1(C(=O)O)CCC1)N1CCC(Cc2ccc(F)cc2)CC1. The van der Waals surface area contributed by atoms with E-state index in [0.29, 0.717) is 31.8 Å². The number of carbonyl (C=O) groups excluding carboxylic acids is 1. The Kier molecular flexibility index (Phi) is 4.88. The molecule has 1 aliphatic heterocycles. The van der Waals surface area contributed by atoms with E-state index in [4.69, 9.17) is 0 Å². The molecule has 1 heterocycles. The van der Waals surface area contributed by atoms with E-state index in [1.807, 2.05) is 17.0 Å². The van der Waals surface area contributed by atoms with Crippen LogP contribution < -0.4 is 0 Å². The molecular formula is C19H24FNO3. The summed E-state index contributed by atoms with van der Waals surface area (Å²) in [7, 11) is 0. The maximum Gasteiger partial charge on any atom is 0.310 e. The molecule has 0 unspecified atom stereocenters. The van der Waals surface area contributed by atoms with Crippen molar-refractivity contribution < 1.29 is 19.1 Å². The zero-order valence-corrected chi connectivity index (χ0v) is 13.8. The third-order valence-electron chi connectivity index (χ3n) is 5.66. The molecule has 3 rings (SSSR count). The third-order valence-corrected chi connectivity index (χ3v) is 5.66. The number of hydrogen-bond acceptors (Lipinski definition) is 2. The number of hydrogen-bond donors (Lipinski definition) is 1. The minimum atomic E-state index is -0.826. The van der Waals surface area contributed by atoms with Gasteiger partial charge in [0.2, 0.25) is 5.91 Å². The maximum atomic E-state index is 12.9. The van der Waals surface area contributed by atoms with Crippen molar-refractivity contribution in [2.24, 2.45) is 11.3 Å². The van der Waals surface area contributed by atoms with E-state index in [0.717, 1.165) is 31.2 Å². The van der Waals surface area contributed by atoms with Gasteiger partial charge in [-0.3, -0.25) is 9.59 Å². The minimum absolute atomic E-state index is 0.0164. The second-order valence-electron chi connectivity index (χ2n) is 7.27. The number of likely N-dealkylation sites (tertiary alicyclic amines) is 1. The standard InChI is InChI=1S/C19H24FNO3/c20-16-4-2-14(3-5-16)12-15-6-10-21(11-7-15)17(22)13-19(18(23)24)8-1-9-19/h2-5,15H,1,6-13H2,(H,23,24). The molecule has 1 saturated carbocycles. The molecule has 1 saturated heterocycles. The van der Waals surface area contributed by atoms with E-state index in [9.17, 15) is 19.1 Å². The van der Waals surface area contributed by atoms with Gasteiger partial charge in [0.1, 0.15) is 5.82 Å². The van der Waals surface area contributed by atoms with Gasteiger partial charge < -0.3 is 10.0 Å². The zero-order valence-electron chi connectivity index (χ0n) is 13.8. The first kappa shape index (κ1) is 16.9. The smallest absolute Gasteiger partial charge is 0.310 e. The number of nitrogens with zero attached hydrogens (tertiary/aromatic N) is 1. The van der Waals surface area contributed by atoms with Crippen molar-refractivity contribution in [3.05, 3.63) is 35.6 Å². The molecule has 1 aromatic carbocycles. The van der Waals surface area contributed by atoms with Crippen LogP contribution in [-0.2, 0) is 16.0 Å². The molecule has 0 bridgehead atoms. The number of piperidine rings is 1. The fourth-order valence-corrected chi connectivity index (χ4v) is 3.81. The number of halogens is 1. The molecule has 5 heteroatoms. The van der Waals surface area contributed by atoms with Crippen LogP contribution in [0.4, 0.5) is 4.39 Å². The van der Waals surface area contributed by atoms with Crippen LogP contribution in [0.15, 0.2) is 24.3 Å². The molecule has 2 fully saturated rings. The van der Waals surface area contributed by atoms with Gasteiger partial charge in [0.15, 0.2) is 0 Å². The van der Waals surface area contributed by atoms with Crippen LogP contribution in [-0.4, -0.2) is 35.0 Å². The molecule has 1 aliphatic carbocycles. The first-order chi connectivity index (χ1) is 11.5. The van der Waals surface area contributed by atoms with Gasteiger partial charge in [0, 0.05) is 19.5 Å². The summed E-state index contributed by atoms with van der Waals surface area (Å²) in [6.45, 7) is 1.39. The molecule has 1 aromatic rings. The van der Waals surface area contributed by atoms with Gasteiger partial charge in [-0.2, -0.15) is 0 Å². The van der Waals surface area contributed by atoms with E-state index in [2.05, 4.69) is 0 Å². The lowest BCUT2D eigenvalue weighted by molar-refractivity contribution is -0.159. The summed E-state index contributed by atoms with van der Waals surface area (Å²) in [5, 5.41) is 9.36. The van der Waals surface area contributed by atoms with Crippen molar-refractivity contribution in [1.82, 2.24) is 4.90 Å². The summed E-state index contributed by atoms with van der Waals surface area (Å²) in [5.74, 6) is -0.565. The van der Waals surface area contributed by atoms with Gasteiger partial charge in [-0.25, -0.2) is 4.39 Å². The largest absolute Gasteiger partial charge is 0.481 e. The van der Waals surface area contributed by atoms with Gasteiger partial charge in [-0.1, -0.05) is 18.6 Å². The van der Waals surface area contributed by atoms with Crippen molar-refractivity contribution in [2.45, 2.75) is 44.9 Å². The average molecular weight is 333 g/mol. The highest BCUT2D eigenvalue weighted by Gasteiger charge is 2.46. The number of carbonyl (C=O) groups is 2. The van der Waals surface area contributed by atoms with Crippen molar-refractivity contribution in [3.8, 4) is 0 Å². The average Bonchev–Trinajstić information content (AvgIpc) is 2.53. The highest BCUT2D eigenvalue weighted by molar-refractivity contribution is 5.85. The number of aliphatic carboxylic acids is 1. The Morgan fingerprint density at radius 2 is 1.79 bits per heavy atom. The number of amides is 1. The highest BCUT2D eigenvalue weighted by atomic mass is 19.1. The predicted octanol–water partition coefficient (Wildman–Crippen LogP) is 3.25. The van der Waals surface area contributed by atoms with Crippen LogP contribution in [0.5, 0.6) is 0 Å². The Hall–Kier alpha value is -1.91. The van der Waals surface area contributed by atoms with Crippen molar-refractivity contribution >= 4 is 11.9 Å². The fraction of sp³-hybridized carbons (Fsp3) is 0.579. The normalized spacial score (nSPS) is 20.5. The molecule has 2 aliphatic rings. The van der Waals surface area contributed by atoms with Gasteiger partial charge in [0.05, 0.1) is 5.41 Å². The number of rotatable bonds is 5. The summed E-state index contributed by atoms with van der Waals surface area (Å²) in [5.41, 5.74) is 0.322. The van der Waals surface area contributed by atoms with Crippen LogP contribution in [0.2, 0.25) is 0 Å². The van der Waals surface area contributed by atoms with Gasteiger partial charge in [-0.15, -0.1) is 0 Å². The van der Waals surface area contributed by atoms with Crippen LogP contribution >= 0.6 is 0 Å². The van der Waals surface area contributed by atoms with E-state index in [1.54, 1.807) is 0 Å². The first-order valence-corrected chi connectivity index (χ1v) is 8.74. The molecule has 24 heavy (non-hydrogen) atoms. The topological polar surface area (TPSA) is 57.6 Å². The minimum Gasteiger partial charge on any atom is -0.481 e. The lowest BCUT2D eigenvalue weighted by Gasteiger charge is -2.40. The van der Waals surface area contributed by atoms with E-state index in [1.165, 1.54) is 12.1 Å². The Morgan fingerprint density at radius 3 is 2.29 bits per heavy atom. The summed E-state index contributed by atoms with van der Waals surface area (Å²) in [6.07, 6.45) is 5.03. The van der Waals surface area contributed by atoms with Crippen molar-refractivity contribution in [1.29, 1.82) is 0 Å². The second-order valence-corrected chi connectivity index (χ2v) is 7.27. The van der Waals surface area contributed by atoms with Gasteiger partial charge in [0.25, 0.3) is 0 Å². The van der Waals surface area contributed by atoms with Gasteiger partial charge >= 0.3 is 5.97 Å². The number of carboxylic acid groups (broad SMARTS) is 1. The Labute approximate surface area is 141 Å². The number of carboxylic acids is 1. The van der Waals surface area contributed by atoms with Crippen LogP contribution in [0, 0.1) is 17.2 Å². The first-order valence-electron chi connectivity index (χ1n) is 8.74. The van der Waals surface area contributed by atoms with Crippen molar-refractivity contribution in [2.75, 3.05) is 13.1 Å². The molecule has 1 N–H and O–H groups in total. The lowest BCUT2D eigenvalue weighted by Crippen LogP contribution is -2.46. The Balaban J connectivity index is 1.48.